The summed E-state index contributed by atoms with van der Waals surface area (Å²) in [4.78, 5) is 14.9. The zero-order valence-electron chi connectivity index (χ0n) is 12.2. The van der Waals surface area contributed by atoms with Gasteiger partial charge in [0.25, 0.3) is 5.91 Å². The first-order chi connectivity index (χ1) is 9.42. The Morgan fingerprint density at radius 1 is 1.40 bits per heavy atom. The van der Waals surface area contributed by atoms with E-state index in [-0.39, 0.29) is 11.3 Å². The molecule has 4 heteroatoms. The predicted molar refractivity (Wildman–Crippen MR) is 85.8 cm³/mol. The summed E-state index contributed by atoms with van der Waals surface area (Å²) in [6.45, 7) is 5.70. The normalized spacial score (nSPS) is 15.1. The van der Waals surface area contributed by atoms with E-state index in [2.05, 4.69) is 13.8 Å². The average Bonchev–Trinajstić information content (AvgIpc) is 2.41. The minimum atomic E-state index is -0.133. The molecule has 0 aromatic heterocycles. The van der Waals surface area contributed by atoms with E-state index in [1.807, 2.05) is 29.2 Å². The van der Waals surface area contributed by atoms with Crippen molar-refractivity contribution in [2.24, 2.45) is 11.1 Å². The van der Waals surface area contributed by atoms with Crippen LogP contribution >= 0.6 is 12.2 Å². The van der Waals surface area contributed by atoms with Crippen LogP contribution in [0, 0.1) is 5.41 Å². The molecule has 1 aliphatic rings. The van der Waals surface area contributed by atoms with Crippen molar-refractivity contribution in [2.75, 3.05) is 13.1 Å². The highest BCUT2D eigenvalue weighted by Crippen LogP contribution is 2.24. The Morgan fingerprint density at radius 2 is 2.10 bits per heavy atom. The molecule has 0 spiro atoms. The number of hydrogen-bond donors (Lipinski definition) is 1. The van der Waals surface area contributed by atoms with Crippen LogP contribution < -0.4 is 5.73 Å². The second kappa shape index (κ2) is 5.92. The van der Waals surface area contributed by atoms with Gasteiger partial charge in [-0.1, -0.05) is 44.3 Å². The maximum Gasteiger partial charge on any atom is 0.254 e. The molecule has 2 N–H and O–H groups in total. The molecule has 0 bridgehead atoms. The van der Waals surface area contributed by atoms with Crippen LogP contribution in [0.15, 0.2) is 24.3 Å². The number of hydrogen-bond acceptors (Lipinski definition) is 2. The Morgan fingerprint density at radius 3 is 2.80 bits per heavy atom. The molecule has 0 saturated heterocycles. The van der Waals surface area contributed by atoms with Crippen molar-refractivity contribution in [2.45, 2.75) is 33.1 Å². The lowest BCUT2D eigenvalue weighted by molar-refractivity contribution is 0.0734. The number of carbonyl (C=O) groups is 1. The molecule has 1 amide bonds. The first-order valence-corrected chi connectivity index (χ1v) is 7.50. The van der Waals surface area contributed by atoms with Gasteiger partial charge in [-0.15, -0.1) is 0 Å². The molecular formula is C16H22N2OS. The van der Waals surface area contributed by atoms with Gasteiger partial charge in [0, 0.05) is 24.1 Å². The van der Waals surface area contributed by atoms with Gasteiger partial charge in [-0.25, -0.2) is 0 Å². The third-order valence-electron chi connectivity index (χ3n) is 4.08. The van der Waals surface area contributed by atoms with E-state index in [0.717, 1.165) is 43.5 Å². The minimum absolute atomic E-state index is 0.133. The highest BCUT2D eigenvalue weighted by molar-refractivity contribution is 7.80. The fourth-order valence-corrected chi connectivity index (χ4v) is 2.62. The van der Waals surface area contributed by atoms with E-state index >= 15 is 0 Å². The van der Waals surface area contributed by atoms with Crippen molar-refractivity contribution in [3.8, 4) is 0 Å². The summed E-state index contributed by atoms with van der Waals surface area (Å²) in [5, 5.41) is 0. The third-order valence-corrected chi connectivity index (χ3v) is 4.64. The Balaban J connectivity index is 1.93. The van der Waals surface area contributed by atoms with Crippen molar-refractivity contribution in [1.82, 2.24) is 4.90 Å². The summed E-state index contributed by atoms with van der Waals surface area (Å²) in [5.74, 6) is 0.153. The van der Waals surface area contributed by atoms with Gasteiger partial charge in [0.15, 0.2) is 0 Å². The van der Waals surface area contributed by atoms with Gasteiger partial charge in [-0.2, -0.15) is 0 Å². The largest absolute Gasteiger partial charge is 0.393 e. The monoisotopic (exact) mass is 290 g/mol. The standard InChI is InChI=1S/C16H22N2OS/c1-16(2,15(17)20)9-5-10-18-11-8-12-6-3-4-7-13(12)14(18)19/h3-4,6-7H,5,8-11H2,1-2H3,(H2,17,20). The minimum Gasteiger partial charge on any atom is -0.393 e. The zero-order valence-corrected chi connectivity index (χ0v) is 13.0. The lowest BCUT2D eigenvalue weighted by Gasteiger charge is -2.30. The molecule has 1 aliphatic heterocycles. The number of rotatable bonds is 5. The first-order valence-electron chi connectivity index (χ1n) is 7.09. The maximum absolute atomic E-state index is 12.4. The molecule has 0 radical (unpaired) electrons. The molecule has 0 unspecified atom stereocenters. The SMILES string of the molecule is CC(C)(CCCN1CCc2ccccc2C1=O)C(N)=S. The van der Waals surface area contributed by atoms with Crippen molar-refractivity contribution in [3.63, 3.8) is 0 Å². The summed E-state index contributed by atoms with van der Waals surface area (Å²) in [7, 11) is 0. The molecule has 20 heavy (non-hydrogen) atoms. The summed E-state index contributed by atoms with van der Waals surface area (Å²) in [6.07, 6.45) is 2.78. The smallest absolute Gasteiger partial charge is 0.254 e. The van der Waals surface area contributed by atoms with Crippen LogP contribution in [-0.2, 0) is 6.42 Å². The Bertz CT molecular complexity index is 525. The Labute approximate surface area is 126 Å². The number of amides is 1. The van der Waals surface area contributed by atoms with Gasteiger partial charge in [0.05, 0.1) is 4.99 Å². The summed E-state index contributed by atoms with van der Waals surface area (Å²) >= 11 is 5.07. The fraction of sp³-hybridized carbons (Fsp3) is 0.500. The van der Waals surface area contributed by atoms with E-state index in [0.29, 0.717) is 4.99 Å². The van der Waals surface area contributed by atoms with Crippen molar-refractivity contribution in [3.05, 3.63) is 35.4 Å². The molecule has 2 rings (SSSR count). The molecule has 0 aliphatic carbocycles. The van der Waals surface area contributed by atoms with Gasteiger partial charge >= 0.3 is 0 Å². The van der Waals surface area contributed by atoms with Crippen LogP contribution in [0.4, 0.5) is 0 Å². The van der Waals surface area contributed by atoms with E-state index in [9.17, 15) is 4.79 Å². The second-order valence-electron chi connectivity index (χ2n) is 6.05. The number of carbonyl (C=O) groups excluding carboxylic acids is 1. The third kappa shape index (κ3) is 3.18. The van der Waals surface area contributed by atoms with Crippen LogP contribution in [0.3, 0.4) is 0 Å². The molecule has 0 atom stereocenters. The predicted octanol–water partition coefficient (Wildman–Crippen LogP) is 2.78. The second-order valence-corrected chi connectivity index (χ2v) is 6.49. The van der Waals surface area contributed by atoms with Crippen LogP contribution in [0.25, 0.3) is 0 Å². The number of nitrogens with two attached hydrogens (primary N) is 1. The number of nitrogens with zero attached hydrogens (tertiary/aromatic N) is 1. The lowest BCUT2D eigenvalue weighted by Crippen LogP contribution is -2.39. The number of benzene rings is 1. The fourth-order valence-electron chi connectivity index (χ4n) is 2.52. The highest BCUT2D eigenvalue weighted by Gasteiger charge is 2.25. The molecule has 1 aromatic rings. The van der Waals surface area contributed by atoms with Gasteiger partial charge in [0.2, 0.25) is 0 Å². The Hall–Kier alpha value is -1.42. The molecule has 0 fully saturated rings. The topological polar surface area (TPSA) is 46.3 Å². The van der Waals surface area contributed by atoms with Gasteiger partial charge in [0.1, 0.15) is 0 Å². The van der Waals surface area contributed by atoms with Crippen LogP contribution in [0.2, 0.25) is 0 Å². The van der Waals surface area contributed by atoms with Gasteiger partial charge in [-0.05, 0) is 30.9 Å². The van der Waals surface area contributed by atoms with Crippen molar-refractivity contribution in [1.29, 1.82) is 0 Å². The molecule has 0 saturated carbocycles. The number of thiocarbonyl (C=S) groups is 1. The summed E-state index contributed by atoms with van der Waals surface area (Å²) in [6, 6.07) is 7.88. The van der Waals surface area contributed by atoms with E-state index < -0.39 is 0 Å². The molecule has 108 valence electrons. The molecule has 3 nitrogen and oxygen atoms in total. The quantitative estimate of drug-likeness (QED) is 0.848. The van der Waals surface area contributed by atoms with Crippen molar-refractivity contribution < 1.29 is 4.79 Å². The Kier molecular flexibility index (Phi) is 4.43. The maximum atomic E-state index is 12.4. The molecule has 1 heterocycles. The lowest BCUT2D eigenvalue weighted by atomic mass is 9.87. The van der Waals surface area contributed by atoms with Gasteiger partial charge in [-0.3, -0.25) is 4.79 Å². The molecule has 1 aromatic carbocycles. The van der Waals surface area contributed by atoms with E-state index in [4.69, 9.17) is 18.0 Å². The molecular weight excluding hydrogens is 268 g/mol. The highest BCUT2D eigenvalue weighted by atomic mass is 32.1. The first kappa shape index (κ1) is 15.0. The van der Waals surface area contributed by atoms with Crippen LogP contribution in [-0.4, -0.2) is 28.9 Å². The number of fused-ring (bicyclic) bond motifs is 1. The average molecular weight is 290 g/mol. The van der Waals surface area contributed by atoms with Crippen molar-refractivity contribution >= 4 is 23.1 Å². The summed E-state index contributed by atoms with van der Waals surface area (Å²) < 4.78 is 0. The van der Waals surface area contributed by atoms with Crippen LogP contribution in [0.1, 0.15) is 42.6 Å². The van der Waals surface area contributed by atoms with Crippen LogP contribution in [0.5, 0.6) is 0 Å². The van der Waals surface area contributed by atoms with E-state index in [1.165, 1.54) is 0 Å². The zero-order chi connectivity index (χ0) is 14.8. The summed E-state index contributed by atoms with van der Waals surface area (Å²) in [5.41, 5.74) is 7.62. The van der Waals surface area contributed by atoms with Gasteiger partial charge < -0.3 is 10.6 Å². The van der Waals surface area contributed by atoms with E-state index in [1.54, 1.807) is 0 Å².